The summed E-state index contributed by atoms with van der Waals surface area (Å²) in [6.07, 6.45) is 2.93. The molecule has 0 bridgehead atoms. The van der Waals surface area contributed by atoms with Crippen molar-refractivity contribution in [2.45, 2.75) is 13.5 Å². The zero-order valence-corrected chi connectivity index (χ0v) is 10.3. The van der Waals surface area contributed by atoms with Gasteiger partial charge in [-0.25, -0.2) is 9.67 Å². The molecule has 2 heterocycles. The molecule has 0 radical (unpaired) electrons. The molecule has 6 heteroatoms. The number of fused-ring (bicyclic) bond motifs is 1. The molecule has 1 aromatic carbocycles. The summed E-state index contributed by atoms with van der Waals surface area (Å²) in [5, 5.41) is 7.59. The van der Waals surface area contributed by atoms with E-state index in [4.69, 9.17) is 0 Å². The van der Waals surface area contributed by atoms with E-state index in [1.807, 2.05) is 31.2 Å². The Balaban J connectivity index is 2.06. The van der Waals surface area contributed by atoms with Crippen molar-refractivity contribution in [3.05, 3.63) is 48.0 Å². The lowest BCUT2D eigenvalue weighted by atomic mass is 10.2. The van der Waals surface area contributed by atoms with Gasteiger partial charge in [-0.1, -0.05) is 17.3 Å². The SMILES string of the molecule is CCn1nncc1C(=O)c1cnc2ccccc2n1. The summed E-state index contributed by atoms with van der Waals surface area (Å²) in [6, 6.07) is 7.43. The number of rotatable bonds is 3. The first kappa shape index (κ1) is 11.5. The van der Waals surface area contributed by atoms with Gasteiger partial charge in [0, 0.05) is 6.54 Å². The summed E-state index contributed by atoms with van der Waals surface area (Å²) >= 11 is 0. The topological polar surface area (TPSA) is 73.6 Å². The van der Waals surface area contributed by atoms with Crippen molar-refractivity contribution in [2.75, 3.05) is 0 Å². The van der Waals surface area contributed by atoms with Gasteiger partial charge in [0.15, 0.2) is 0 Å². The van der Waals surface area contributed by atoms with Gasteiger partial charge in [-0.2, -0.15) is 0 Å². The minimum atomic E-state index is -0.217. The van der Waals surface area contributed by atoms with Gasteiger partial charge in [0.05, 0.1) is 23.4 Å². The zero-order valence-electron chi connectivity index (χ0n) is 10.3. The predicted octanol–water partition coefficient (Wildman–Crippen LogP) is 1.47. The van der Waals surface area contributed by atoms with Crippen molar-refractivity contribution in [2.24, 2.45) is 0 Å². The Morgan fingerprint density at radius 2 is 2.00 bits per heavy atom. The van der Waals surface area contributed by atoms with Gasteiger partial charge in [0.2, 0.25) is 5.78 Å². The van der Waals surface area contributed by atoms with Crippen LogP contribution in [0.2, 0.25) is 0 Å². The van der Waals surface area contributed by atoms with Crippen LogP contribution >= 0.6 is 0 Å². The highest BCUT2D eigenvalue weighted by molar-refractivity contribution is 6.06. The average molecular weight is 253 g/mol. The summed E-state index contributed by atoms with van der Waals surface area (Å²) in [4.78, 5) is 20.9. The third-order valence-corrected chi connectivity index (χ3v) is 2.83. The van der Waals surface area contributed by atoms with Gasteiger partial charge >= 0.3 is 0 Å². The molecule has 0 aliphatic rings. The summed E-state index contributed by atoms with van der Waals surface area (Å²) in [6.45, 7) is 2.49. The molecule has 0 fully saturated rings. The minimum Gasteiger partial charge on any atom is -0.285 e. The lowest BCUT2D eigenvalue weighted by molar-refractivity contribution is 0.102. The molecule has 3 aromatic rings. The van der Waals surface area contributed by atoms with Crippen LogP contribution in [-0.4, -0.2) is 30.7 Å². The van der Waals surface area contributed by atoms with Crippen LogP contribution in [0.5, 0.6) is 0 Å². The van der Waals surface area contributed by atoms with Crippen LogP contribution in [0.15, 0.2) is 36.7 Å². The highest BCUT2D eigenvalue weighted by Crippen LogP contribution is 2.11. The number of para-hydroxylation sites is 2. The maximum absolute atomic E-state index is 12.3. The van der Waals surface area contributed by atoms with E-state index in [1.54, 1.807) is 4.68 Å². The maximum Gasteiger partial charge on any atom is 0.232 e. The molecule has 0 unspecified atom stereocenters. The highest BCUT2D eigenvalue weighted by Gasteiger charge is 2.16. The first-order valence-corrected chi connectivity index (χ1v) is 5.94. The first-order valence-electron chi connectivity index (χ1n) is 5.94. The molecule has 0 aliphatic carbocycles. The van der Waals surface area contributed by atoms with Crippen LogP contribution in [0.25, 0.3) is 11.0 Å². The molecular weight excluding hydrogens is 242 g/mol. The number of aryl methyl sites for hydroxylation is 1. The number of carbonyl (C=O) groups excluding carboxylic acids is 1. The van der Waals surface area contributed by atoms with Crippen molar-refractivity contribution in [1.82, 2.24) is 25.0 Å². The highest BCUT2D eigenvalue weighted by atomic mass is 16.1. The van der Waals surface area contributed by atoms with Crippen LogP contribution in [0.3, 0.4) is 0 Å². The molecular formula is C13H11N5O. The fourth-order valence-electron chi connectivity index (χ4n) is 1.86. The number of hydrogen-bond donors (Lipinski definition) is 0. The van der Waals surface area contributed by atoms with Gasteiger partial charge in [0.25, 0.3) is 0 Å². The number of carbonyl (C=O) groups is 1. The van der Waals surface area contributed by atoms with E-state index in [1.165, 1.54) is 12.4 Å². The number of hydrogen-bond acceptors (Lipinski definition) is 5. The van der Waals surface area contributed by atoms with Crippen molar-refractivity contribution in [3.8, 4) is 0 Å². The van der Waals surface area contributed by atoms with Crippen molar-refractivity contribution >= 4 is 16.8 Å². The van der Waals surface area contributed by atoms with Crippen LogP contribution in [0.1, 0.15) is 23.1 Å². The lowest BCUT2D eigenvalue weighted by Gasteiger charge is -2.02. The van der Waals surface area contributed by atoms with E-state index in [9.17, 15) is 4.79 Å². The Kier molecular flexibility index (Phi) is 2.75. The lowest BCUT2D eigenvalue weighted by Crippen LogP contribution is -2.12. The van der Waals surface area contributed by atoms with Gasteiger partial charge in [-0.15, -0.1) is 5.10 Å². The smallest absolute Gasteiger partial charge is 0.232 e. The minimum absolute atomic E-state index is 0.217. The third kappa shape index (κ3) is 1.97. The molecule has 94 valence electrons. The van der Waals surface area contributed by atoms with E-state index in [-0.39, 0.29) is 5.78 Å². The molecule has 0 spiro atoms. The molecule has 0 saturated carbocycles. The molecule has 19 heavy (non-hydrogen) atoms. The standard InChI is InChI=1S/C13H11N5O/c1-2-18-12(8-15-17-18)13(19)11-7-14-9-5-3-4-6-10(9)16-11/h3-8H,2H2,1H3. The van der Waals surface area contributed by atoms with Crippen LogP contribution < -0.4 is 0 Å². The molecule has 0 atom stereocenters. The van der Waals surface area contributed by atoms with Gasteiger partial charge in [-0.05, 0) is 19.1 Å². The van der Waals surface area contributed by atoms with E-state index in [0.29, 0.717) is 23.4 Å². The summed E-state index contributed by atoms with van der Waals surface area (Å²) < 4.78 is 1.54. The van der Waals surface area contributed by atoms with E-state index >= 15 is 0 Å². The van der Waals surface area contributed by atoms with Crippen molar-refractivity contribution in [1.29, 1.82) is 0 Å². The maximum atomic E-state index is 12.3. The first-order chi connectivity index (χ1) is 9.29. The second-order valence-electron chi connectivity index (χ2n) is 4.01. The Labute approximate surface area is 109 Å². The molecule has 6 nitrogen and oxygen atoms in total. The van der Waals surface area contributed by atoms with Crippen LogP contribution in [0.4, 0.5) is 0 Å². The van der Waals surface area contributed by atoms with Crippen molar-refractivity contribution < 1.29 is 4.79 Å². The second-order valence-corrected chi connectivity index (χ2v) is 4.01. The molecule has 2 aromatic heterocycles. The summed E-state index contributed by atoms with van der Waals surface area (Å²) in [7, 11) is 0. The fraction of sp³-hybridized carbons (Fsp3) is 0.154. The van der Waals surface area contributed by atoms with E-state index < -0.39 is 0 Å². The number of benzene rings is 1. The summed E-state index contributed by atoms with van der Waals surface area (Å²) in [5.74, 6) is -0.217. The largest absolute Gasteiger partial charge is 0.285 e. The molecule has 3 rings (SSSR count). The zero-order chi connectivity index (χ0) is 13.2. The molecule has 0 saturated heterocycles. The average Bonchev–Trinajstić information content (AvgIpc) is 2.94. The number of aromatic nitrogens is 5. The fourth-order valence-corrected chi connectivity index (χ4v) is 1.86. The van der Waals surface area contributed by atoms with Crippen LogP contribution in [0, 0.1) is 0 Å². The molecule has 0 aliphatic heterocycles. The Morgan fingerprint density at radius 1 is 1.21 bits per heavy atom. The van der Waals surface area contributed by atoms with E-state index in [0.717, 1.165) is 5.52 Å². The quantitative estimate of drug-likeness (QED) is 0.661. The monoisotopic (exact) mass is 253 g/mol. The number of nitrogens with zero attached hydrogens (tertiary/aromatic N) is 5. The Hall–Kier alpha value is -2.63. The van der Waals surface area contributed by atoms with Crippen LogP contribution in [-0.2, 0) is 6.54 Å². The van der Waals surface area contributed by atoms with E-state index in [2.05, 4.69) is 20.3 Å². The Bertz CT molecular complexity index is 749. The van der Waals surface area contributed by atoms with Gasteiger partial charge in [-0.3, -0.25) is 9.78 Å². The predicted molar refractivity (Wildman–Crippen MR) is 68.7 cm³/mol. The molecule has 0 N–H and O–H groups in total. The summed E-state index contributed by atoms with van der Waals surface area (Å²) in [5.41, 5.74) is 2.19. The van der Waals surface area contributed by atoms with Gasteiger partial charge in [0.1, 0.15) is 11.4 Å². The molecule has 0 amide bonds. The second kappa shape index (κ2) is 4.56. The normalized spacial score (nSPS) is 10.8. The third-order valence-electron chi connectivity index (χ3n) is 2.83. The number of ketones is 1. The Morgan fingerprint density at radius 3 is 2.79 bits per heavy atom. The van der Waals surface area contributed by atoms with Crippen molar-refractivity contribution in [3.63, 3.8) is 0 Å². The van der Waals surface area contributed by atoms with Gasteiger partial charge < -0.3 is 0 Å².